The van der Waals surface area contributed by atoms with Gasteiger partial charge in [0.25, 0.3) is 23.6 Å². The molecule has 2 aliphatic rings. The number of hydrogen-bond acceptors (Lipinski definition) is 20. The van der Waals surface area contributed by atoms with E-state index < -0.39 is 11.8 Å². The molecule has 1 saturated heterocycles. The molecule has 2 fully saturated rings. The molecule has 0 unspecified atom stereocenters. The van der Waals surface area contributed by atoms with Gasteiger partial charge in [0.2, 0.25) is 5.91 Å². The van der Waals surface area contributed by atoms with Crippen molar-refractivity contribution in [2.45, 2.75) is 45.2 Å². The molecule has 1 aliphatic heterocycles. The van der Waals surface area contributed by atoms with E-state index in [9.17, 15) is 46.3 Å². The number of nitrogens with zero attached hydrogens (tertiary/aromatic N) is 15. The van der Waals surface area contributed by atoms with Crippen LogP contribution in [-0.2, 0) is 17.9 Å². The van der Waals surface area contributed by atoms with Crippen LogP contribution in [0.15, 0.2) is 317 Å². The van der Waals surface area contributed by atoms with Gasteiger partial charge in [0.15, 0.2) is 22.8 Å². The van der Waals surface area contributed by atoms with Gasteiger partial charge in [0.1, 0.15) is 23.3 Å². The van der Waals surface area contributed by atoms with Crippen LogP contribution in [0.5, 0.6) is 0 Å². The van der Waals surface area contributed by atoms with E-state index in [1.807, 2.05) is 118 Å². The predicted octanol–water partition coefficient (Wildman–Crippen LogP) is 21.8. The number of fused-ring (bicyclic) bond motifs is 4. The number of nitrogens with one attached hydrogen (secondary N) is 10. The number of aromatic nitrogens is 16. The van der Waals surface area contributed by atoms with Crippen LogP contribution in [0.4, 0.5) is 56.5 Å². The van der Waals surface area contributed by atoms with Crippen molar-refractivity contribution in [3.63, 3.8) is 0 Å². The van der Waals surface area contributed by atoms with E-state index >= 15 is 0 Å². The molecule has 22 rings (SSSR count). The molecule has 730 valence electrons. The summed E-state index contributed by atoms with van der Waals surface area (Å²) >= 11 is 0. The van der Waals surface area contributed by atoms with Gasteiger partial charge in [-0.05, 0) is 256 Å². The van der Waals surface area contributed by atoms with Crippen LogP contribution >= 0.6 is 0 Å². The highest BCUT2D eigenvalue weighted by Crippen LogP contribution is 2.37. The fourth-order valence-electron chi connectivity index (χ4n) is 16.8. The monoisotopic (exact) mass is 1960 g/mol. The van der Waals surface area contributed by atoms with Gasteiger partial charge in [0.05, 0.1) is 116 Å². The SMILES string of the molecule is CN(C)C(=O)Nc1cncc(-c2ccc3[nH]nc(C(=O)Nc4ccc(-c5ccccc5F)nc4)c3c2)c1.CN(C)Cc1cncc(-c2ccc3[nH]nc(C(=O)Nc4ccc(-c5ccccc5F)nc4)c3c2)c1.O=C(Nc1ccc(-c2ccccc2F)nc1)c1n[nH]c2ccc(-c3cncc(CN4CCCCC4)c3)cc12.O=C(Nc1ccc(-c2ccccc2F)nc1)c1n[nH]c2ccc(-c3cncc(NC(=O)C4CC4)c3)cc12. The van der Waals surface area contributed by atoms with Gasteiger partial charge in [0, 0.05) is 136 Å². The number of carbonyl (C=O) groups excluding carboxylic acids is 6. The molecule has 12 aromatic heterocycles. The van der Waals surface area contributed by atoms with E-state index in [-0.39, 0.29) is 75.7 Å². The predicted molar refractivity (Wildman–Crippen MR) is 558 cm³/mol. The molecule has 0 spiro atoms. The van der Waals surface area contributed by atoms with E-state index in [4.69, 9.17) is 0 Å². The number of piperidine rings is 1. The van der Waals surface area contributed by atoms with E-state index in [0.717, 1.165) is 106 Å². The van der Waals surface area contributed by atoms with Gasteiger partial charge in [-0.2, -0.15) is 20.4 Å². The summed E-state index contributed by atoms with van der Waals surface area (Å²) in [6.45, 7) is 3.94. The molecule has 31 nitrogen and oxygen atoms in total. The molecule has 7 amide bonds. The highest BCUT2D eigenvalue weighted by molar-refractivity contribution is 6.15. The van der Waals surface area contributed by atoms with Crippen molar-refractivity contribution in [3.05, 3.63) is 374 Å². The summed E-state index contributed by atoms with van der Waals surface area (Å²) in [5.41, 5.74) is 19.8. The first-order valence-corrected chi connectivity index (χ1v) is 47.0. The number of pyridine rings is 8. The summed E-state index contributed by atoms with van der Waals surface area (Å²) < 4.78 is 56.2. The fourth-order valence-corrected chi connectivity index (χ4v) is 16.8. The van der Waals surface area contributed by atoms with Crippen molar-refractivity contribution >= 4 is 113 Å². The van der Waals surface area contributed by atoms with E-state index in [2.05, 4.69) is 134 Å². The molecule has 35 heteroatoms. The Bertz CT molecular complexity index is 8040. The number of rotatable bonds is 23. The van der Waals surface area contributed by atoms with Crippen molar-refractivity contribution in [1.82, 2.24) is 95.4 Å². The second-order valence-electron chi connectivity index (χ2n) is 35.5. The number of halogens is 4. The van der Waals surface area contributed by atoms with Crippen LogP contribution in [-0.4, -0.2) is 172 Å². The number of hydrogen-bond donors (Lipinski definition) is 10. The Morgan fingerprint density at radius 3 is 0.946 bits per heavy atom. The lowest BCUT2D eigenvalue weighted by molar-refractivity contribution is -0.117. The number of likely N-dealkylation sites (tertiary alicyclic amines) is 1. The summed E-state index contributed by atoms with van der Waals surface area (Å²) in [7, 11) is 7.33. The largest absolute Gasteiger partial charge is 0.331 e. The van der Waals surface area contributed by atoms with Crippen LogP contribution < -0.4 is 31.9 Å². The second-order valence-corrected chi connectivity index (χ2v) is 35.5. The summed E-state index contributed by atoms with van der Waals surface area (Å²) in [5, 5.41) is 48.1. The molecule has 0 bridgehead atoms. The third-order valence-corrected chi connectivity index (χ3v) is 24.4. The first-order valence-electron chi connectivity index (χ1n) is 47.0. The highest BCUT2D eigenvalue weighted by Gasteiger charge is 2.30. The summed E-state index contributed by atoms with van der Waals surface area (Å²) in [6.07, 6.45) is 25.6. The lowest BCUT2D eigenvalue weighted by Gasteiger charge is -2.26. The zero-order chi connectivity index (χ0) is 102. The molecule has 0 atom stereocenters. The van der Waals surface area contributed by atoms with Gasteiger partial charge < -0.3 is 41.7 Å². The van der Waals surface area contributed by atoms with Crippen LogP contribution in [0.25, 0.3) is 133 Å². The van der Waals surface area contributed by atoms with Gasteiger partial charge in [-0.15, -0.1) is 0 Å². The summed E-state index contributed by atoms with van der Waals surface area (Å²) in [5.74, 6) is -2.87. The average Bonchev–Trinajstić information content (AvgIpc) is 1.67. The molecular formula is C112H93F4N25O6. The minimum atomic E-state index is -0.422. The van der Waals surface area contributed by atoms with E-state index in [0.29, 0.717) is 106 Å². The summed E-state index contributed by atoms with van der Waals surface area (Å²) in [6, 6.07) is 69.5. The fraction of sp³-hybridized carbons (Fsp3) is 0.125. The van der Waals surface area contributed by atoms with Crippen molar-refractivity contribution in [1.29, 1.82) is 0 Å². The molecule has 20 aromatic rings. The molecule has 8 aromatic carbocycles. The maximum atomic E-state index is 14.1. The Labute approximate surface area is 838 Å². The van der Waals surface area contributed by atoms with Gasteiger partial charge in [-0.1, -0.05) is 79.2 Å². The zero-order valence-corrected chi connectivity index (χ0v) is 79.6. The Morgan fingerprint density at radius 1 is 0.320 bits per heavy atom. The first-order chi connectivity index (χ1) is 71.5. The molecule has 13 heterocycles. The Hall–Kier alpha value is -18.9. The number of aromatic amines is 4. The minimum Gasteiger partial charge on any atom is -0.331 e. The Morgan fingerprint density at radius 2 is 0.633 bits per heavy atom. The molecule has 0 radical (unpaired) electrons. The molecule has 1 aliphatic carbocycles. The molecule has 1 saturated carbocycles. The lowest BCUT2D eigenvalue weighted by Crippen LogP contribution is -2.29. The van der Waals surface area contributed by atoms with Crippen LogP contribution in [0.3, 0.4) is 0 Å². The van der Waals surface area contributed by atoms with Crippen LogP contribution in [0, 0.1) is 29.2 Å². The molecule has 147 heavy (non-hydrogen) atoms. The molecular weight excluding hydrogens is 1870 g/mol. The second kappa shape index (κ2) is 44.1. The third-order valence-electron chi connectivity index (χ3n) is 24.4. The van der Waals surface area contributed by atoms with Crippen molar-refractivity contribution < 1.29 is 46.3 Å². The number of anilines is 6. The van der Waals surface area contributed by atoms with Gasteiger partial charge >= 0.3 is 6.03 Å². The van der Waals surface area contributed by atoms with E-state index in [1.165, 1.54) is 78.8 Å². The maximum absolute atomic E-state index is 14.1. The lowest BCUT2D eigenvalue weighted by atomic mass is 10.0. The highest BCUT2D eigenvalue weighted by atomic mass is 19.1. The topological polar surface area (TPSA) is 402 Å². The number of H-pyrrole nitrogens is 4. The number of benzene rings is 8. The summed E-state index contributed by atoms with van der Waals surface area (Å²) in [4.78, 5) is 117. The Kier molecular flexibility index (Phi) is 29.1. The van der Waals surface area contributed by atoms with Crippen molar-refractivity contribution in [2.75, 3.05) is 73.2 Å². The van der Waals surface area contributed by atoms with Crippen LogP contribution in [0.2, 0.25) is 0 Å². The third kappa shape index (κ3) is 23.3. The average molecular weight is 1960 g/mol. The maximum Gasteiger partial charge on any atom is 0.321 e. The normalized spacial score (nSPS) is 12.3. The van der Waals surface area contributed by atoms with Gasteiger partial charge in [-0.25, -0.2) is 22.4 Å². The number of amides is 7. The zero-order valence-electron chi connectivity index (χ0n) is 79.6. The Balaban J connectivity index is 0.000000124. The molecule has 10 N–H and O–H groups in total. The van der Waals surface area contributed by atoms with Crippen molar-refractivity contribution in [2.24, 2.45) is 5.92 Å². The van der Waals surface area contributed by atoms with Gasteiger partial charge in [-0.3, -0.25) is 89.1 Å². The standard InChI is InChI=1S/C30H27FN6O.C28H21FN6O2.C27H22FN7O2.C27H23FN6O/c31-26-7-3-2-6-24(26)27-11-9-23(18-33-27)34-30(38)29-25-15-21(8-10-28(25)35-36-29)22-14-20(16-32-17-22)19-37-12-4-1-5-13-37;29-23-4-2-1-3-21(23)24-10-8-19(15-31-24)32-28(37)26-22-12-17(7-9-25(22)34-35-26)18-11-20(14-30-13-18)33-27(36)16-5-6-16;1-35(2)27(37)32-19-11-17(13-29-14-19)16-7-9-24-21(12-16)25(34-33-24)26(36)31-18-8-10-23(30-15-18)20-5-3-4-6-22(20)28;1-34(2)16-17-11-19(14-29-13-17)18-7-9-25-22(12-18)26(33-32-25)27(35)31-20-8-10-24(30-15-20)21-5-3-4-6-23(21)28/h2-3,6-11,14-18H,1,4-5,12-13,19H2,(H,34,38)(H,35,36);1-4,7-16H,5-6H2,(H,32,37)(H,33,36)(H,34,35);3-15H,1-2H3,(H,31,36)(H,32,37)(H,33,34);3-15H,16H2,1-2H3,(H,31,35)(H,32,33). The number of carbonyl (C=O) groups is 6. The van der Waals surface area contributed by atoms with Crippen molar-refractivity contribution in [3.8, 4) is 89.5 Å². The quantitative estimate of drug-likeness (QED) is 0.0266. The number of urea groups is 1. The van der Waals surface area contributed by atoms with Crippen LogP contribution in [0.1, 0.15) is 85.2 Å². The smallest absolute Gasteiger partial charge is 0.321 e. The minimum absolute atomic E-state index is 0.0135. The van der Waals surface area contributed by atoms with E-state index in [1.54, 1.807) is 166 Å². The first kappa shape index (κ1) is 96.9.